The number of rotatable bonds is 4. The van der Waals surface area contributed by atoms with Gasteiger partial charge in [-0.2, -0.15) is 0 Å². The van der Waals surface area contributed by atoms with Crippen molar-refractivity contribution in [1.29, 1.82) is 0 Å². The first-order chi connectivity index (χ1) is 13.1. The third-order valence-electron chi connectivity index (χ3n) is 4.37. The second-order valence-electron chi connectivity index (χ2n) is 6.46. The van der Waals surface area contributed by atoms with E-state index in [1.54, 1.807) is 0 Å². The number of imide groups is 1. The normalized spacial score (nSPS) is 21.2. The average Bonchev–Trinajstić information content (AvgIpc) is 2.69. The predicted octanol–water partition coefficient (Wildman–Crippen LogP) is 3.71. The summed E-state index contributed by atoms with van der Waals surface area (Å²) in [5, 5.41) is 0. The molecule has 2 aromatic rings. The standard InChI is InChI=1S/C22H23NO3Se/c1-17-10-8-9-15-20(27-19-13-6-3-7-14-19)21(24)23(17)22(25)26-16-18-11-4-2-5-12-18/h2-9,11-14,17,20H,10,15-16H2,1H3/b9-8-/t17-,20+/m0/s1. The van der Waals surface area contributed by atoms with Gasteiger partial charge in [-0.3, -0.25) is 0 Å². The summed E-state index contributed by atoms with van der Waals surface area (Å²) >= 11 is -0.0439. The van der Waals surface area contributed by atoms with Crippen LogP contribution in [0.3, 0.4) is 0 Å². The molecule has 0 saturated heterocycles. The number of benzene rings is 2. The van der Waals surface area contributed by atoms with Gasteiger partial charge in [0, 0.05) is 0 Å². The first-order valence-electron chi connectivity index (χ1n) is 9.05. The van der Waals surface area contributed by atoms with Gasteiger partial charge in [0.1, 0.15) is 0 Å². The Balaban J connectivity index is 1.73. The Kier molecular flexibility index (Phi) is 6.85. The van der Waals surface area contributed by atoms with Crippen LogP contribution in [0.5, 0.6) is 0 Å². The van der Waals surface area contributed by atoms with E-state index in [-0.39, 0.29) is 38.3 Å². The first-order valence-corrected chi connectivity index (χ1v) is 10.9. The number of amides is 2. The molecule has 5 heteroatoms. The molecule has 0 aliphatic carbocycles. The zero-order chi connectivity index (χ0) is 19.1. The van der Waals surface area contributed by atoms with Crippen molar-refractivity contribution < 1.29 is 14.3 Å². The molecule has 0 N–H and O–H groups in total. The van der Waals surface area contributed by atoms with E-state index in [9.17, 15) is 9.59 Å². The molecule has 1 heterocycles. The molecule has 0 unspecified atom stereocenters. The van der Waals surface area contributed by atoms with Crippen molar-refractivity contribution in [1.82, 2.24) is 4.90 Å². The van der Waals surface area contributed by atoms with E-state index in [1.807, 2.05) is 67.6 Å². The summed E-state index contributed by atoms with van der Waals surface area (Å²) in [4.78, 5) is 27.0. The van der Waals surface area contributed by atoms with Gasteiger partial charge in [0.2, 0.25) is 0 Å². The zero-order valence-electron chi connectivity index (χ0n) is 15.3. The van der Waals surface area contributed by atoms with Crippen LogP contribution in [0.2, 0.25) is 4.82 Å². The van der Waals surface area contributed by atoms with Crippen molar-refractivity contribution in [2.75, 3.05) is 0 Å². The Morgan fingerprint density at radius 3 is 2.37 bits per heavy atom. The summed E-state index contributed by atoms with van der Waals surface area (Å²) < 4.78 is 6.61. The molecule has 2 amide bonds. The first kappa shape index (κ1) is 19.4. The quantitative estimate of drug-likeness (QED) is 0.551. The summed E-state index contributed by atoms with van der Waals surface area (Å²) in [5.41, 5.74) is 0.906. The van der Waals surface area contributed by atoms with E-state index in [2.05, 4.69) is 12.2 Å². The second kappa shape index (κ2) is 9.54. The molecule has 0 radical (unpaired) electrons. The van der Waals surface area contributed by atoms with Crippen LogP contribution in [0.25, 0.3) is 0 Å². The van der Waals surface area contributed by atoms with Gasteiger partial charge in [-0.15, -0.1) is 0 Å². The molecule has 27 heavy (non-hydrogen) atoms. The molecule has 2 atom stereocenters. The van der Waals surface area contributed by atoms with E-state index in [1.165, 1.54) is 4.90 Å². The fraction of sp³-hybridized carbons (Fsp3) is 0.273. The maximum atomic E-state index is 13.2. The molecule has 1 aliphatic heterocycles. The number of ether oxygens (including phenoxy) is 1. The van der Waals surface area contributed by atoms with Crippen LogP contribution in [0.1, 0.15) is 25.3 Å². The van der Waals surface area contributed by atoms with E-state index < -0.39 is 6.09 Å². The van der Waals surface area contributed by atoms with Crippen molar-refractivity contribution in [3.63, 3.8) is 0 Å². The van der Waals surface area contributed by atoms with Gasteiger partial charge in [-0.1, -0.05) is 0 Å². The molecule has 140 valence electrons. The monoisotopic (exact) mass is 429 g/mol. The summed E-state index contributed by atoms with van der Waals surface area (Å²) in [6.45, 7) is 2.06. The third-order valence-corrected chi connectivity index (χ3v) is 6.94. The van der Waals surface area contributed by atoms with Crippen molar-refractivity contribution >= 4 is 31.4 Å². The molecule has 0 bridgehead atoms. The fourth-order valence-electron chi connectivity index (χ4n) is 2.91. The topological polar surface area (TPSA) is 46.6 Å². The molecule has 4 nitrogen and oxygen atoms in total. The Labute approximate surface area is 166 Å². The molecule has 0 saturated carbocycles. The zero-order valence-corrected chi connectivity index (χ0v) is 17.0. The molecule has 2 aromatic carbocycles. The van der Waals surface area contributed by atoms with Crippen molar-refractivity contribution in [3.8, 4) is 0 Å². The van der Waals surface area contributed by atoms with Crippen LogP contribution >= 0.6 is 0 Å². The van der Waals surface area contributed by atoms with Crippen LogP contribution in [0.15, 0.2) is 72.8 Å². The van der Waals surface area contributed by atoms with Crippen molar-refractivity contribution in [3.05, 3.63) is 78.4 Å². The Hall–Kier alpha value is -2.36. The summed E-state index contributed by atoms with van der Waals surface area (Å²) in [7, 11) is 0. The fourth-order valence-corrected chi connectivity index (χ4v) is 5.15. The van der Waals surface area contributed by atoms with Crippen molar-refractivity contribution in [2.45, 2.75) is 37.2 Å². The van der Waals surface area contributed by atoms with Gasteiger partial charge in [0.05, 0.1) is 0 Å². The molecule has 0 spiro atoms. The molecule has 0 fully saturated rings. The van der Waals surface area contributed by atoms with Crippen LogP contribution in [0, 0.1) is 0 Å². The van der Waals surface area contributed by atoms with Gasteiger partial charge in [-0.25, -0.2) is 0 Å². The number of carbonyl (C=O) groups is 2. The SMILES string of the molecule is C[C@H]1C/C=C\C[C@@H]([Se]c2ccccc2)C(=O)N1C(=O)OCc1ccccc1. The van der Waals surface area contributed by atoms with E-state index in [4.69, 9.17) is 4.74 Å². The number of allylic oxidation sites excluding steroid dienone is 1. The molecular formula is C22H23NO3Se. The Bertz CT molecular complexity index is 792. The Morgan fingerprint density at radius 2 is 1.67 bits per heavy atom. The van der Waals surface area contributed by atoms with Gasteiger partial charge < -0.3 is 0 Å². The predicted molar refractivity (Wildman–Crippen MR) is 107 cm³/mol. The van der Waals surface area contributed by atoms with Crippen LogP contribution < -0.4 is 4.46 Å². The minimum absolute atomic E-state index is 0.0439. The second-order valence-corrected chi connectivity index (χ2v) is 9.14. The summed E-state index contributed by atoms with van der Waals surface area (Å²) in [6, 6.07) is 19.3. The van der Waals surface area contributed by atoms with Gasteiger partial charge in [-0.05, 0) is 0 Å². The van der Waals surface area contributed by atoms with Crippen molar-refractivity contribution in [2.24, 2.45) is 0 Å². The van der Waals surface area contributed by atoms with Crippen LogP contribution in [-0.2, 0) is 16.1 Å². The average molecular weight is 428 g/mol. The minimum atomic E-state index is -0.555. The molecule has 0 aromatic heterocycles. The number of nitrogens with zero attached hydrogens (tertiary/aromatic N) is 1. The molecular weight excluding hydrogens is 405 g/mol. The molecule has 3 rings (SSSR count). The van der Waals surface area contributed by atoms with Crippen LogP contribution in [0.4, 0.5) is 4.79 Å². The molecule has 1 aliphatic rings. The van der Waals surface area contributed by atoms with Gasteiger partial charge in [0.15, 0.2) is 0 Å². The summed E-state index contributed by atoms with van der Waals surface area (Å²) in [6.07, 6.45) is 4.87. The summed E-state index contributed by atoms with van der Waals surface area (Å²) in [5.74, 6) is -0.131. The third kappa shape index (κ3) is 5.31. The van der Waals surface area contributed by atoms with E-state index in [0.717, 1.165) is 10.0 Å². The Morgan fingerprint density at radius 1 is 1.04 bits per heavy atom. The number of carbonyl (C=O) groups excluding carboxylic acids is 2. The van der Waals surface area contributed by atoms with E-state index in [0.29, 0.717) is 12.8 Å². The number of hydrogen-bond acceptors (Lipinski definition) is 3. The maximum absolute atomic E-state index is 13.2. The van der Waals surface area contributed by atoms with Gasteiger partial charge >= 0.3 is 166 Å². The van der Waals surface area contributed by atoms with Gasteiger partial charge in [0.25, 0.3) is 0 Å². The van der Waals surface area contributed by atoms with E-state index >= 15 is 0 Å². The number of hydrogen-bond donors (Lipinski definition) is 0. The van der Waals surface area contributed by atoms with Crippen LogP contribution in [-0.4, -0.2) is 37.9 Å².